The van der Waals surface area contributed by atoms with Crippen LogP contribution in [0.25, 0.3) is 0 Å². The van der Waals surface area contributed by atoms with Gasteiger partial charge in [0.15, 0.2) is 5.78 Å². The molecule has 1 N–H and O–H groups in total. The second kappa shape index (κ2) is 10.0. The predicted molar refractivity (Wildman–Crippen MR) is 111 cm³/mol. The summed E-state index contributed by atoms with van der Waals surface area (Å²) in [4.78, 5) is 26.3. The van der Waals surface area contributed by atoms with E-state index in [0.29, 0.717) is 29.0 Å². The van der Waals surface area contributed by atoms with Crippen LogP contribution in [0.3, 0.4) is 0 Å². The Morgan fingerprint density at radius 2 is 1.82 bits per heavy atom. The van der Waals surface area contributed by atoms with Gasteiger partial charge in [0, 0.05) is 24.4 Å². The van der Waals surface area contributed by atoms with Gasteiger partial charge in [-0.3, -0.25) is 9.59 Å². The van der Waals surface area contributed by atoms with Gasteiger partial charge in [0.1, 0.15) is 5.75 Å². The van der Waals surface area contributed by atoms with Gasteiger partial charge >= 0.3 is 0 Å². The minimum Gasteiger partial charge on any atom is -0.497 e. The van der Waals surface area contributed by atoms with E-state index in [2.05, 4.69) is 6.92 Å². The van der Waals surface area contributed by atoms with Gasteiger partial charge in [0.05, 0.1) is 19.1 Å². The van der Waals surface area contributed by atoms with E-state index < -0.39 is 12.0 Å². The summed E-state index contributed by atoms with van der Waals surface area (Å²) in [6, 6.07) is 14.1. The zero-order chi connectivity index (χ0) is 20.7. The van der Waals surface area contributed by atoms with Crippen molar-refractivity contribution in [1.29, 1.82) is 0 Å². The predicted octanol–water partition coefficient (Wildman–Crippen LogP) is 4.40. The molecule has 1 amide bonds. The Morgan fingerprint density at radius 1 is 1.14 bits per heavy atom. The maximum Gasteiger partial charge on any atom is 0.232 e. The van der Waals surface area contributed by atoms with Crippen molar-refractivity contribution in [3.05, 3.63) is 59.7 Å². The highest BCUT2D eigenvalue weighted by Crippen LogP contribution is 2.30. The minimum atomic E-state index is -0.937. The van der Waals surface area contributed by atoms with Gasteiger partial charge < -0.3 is 14.7 Å². The van der Waals surface area contributed by atoms with E-state index in [0.717, 1.165) is 12.8 Å². The minimum absolute atomic E-state index is 0.0302. The Balaban J connectivity index is 2.27. The summed E-state index contributed by atoms with van der Waals surface area (Å²) >= 11 is 0. The molecule has 0 unspecified atom stereocenters. The fourth-order valence-electron chi connectivity index (χ4n) is 3.18. The summed E-state index contributed by atoms with van der Waals surface area (Å²) in [6.45, 7) is 3.56. The molecule has 0 radical (unpaired) electrons. The van der Waals surface area contributed by atoms with E-state index in [1.165, 1.54) is 6.92 Å². The third-order valence-corrected chi connectivity index (χ3v) is 5.00. The SMILES string of the molecule is CCCC[C@H](C(=O)N(C)c1cccc(OC)c1)[C@@H](O)c1ccc(C(C)=O)cc1. The molecule has 0 spiro atoms. The number of benzene rings is 2. The number of carbonyl (C=O) groups is 2. The molecule has 2 aromatic rings. The Bertz CT molecular complexity index is 801. The zero-order valence-corrected chi connectivity index (χ0v) is 17.0. The fourth-order valence-corrected chi connectivity index (χ4v) is 3.18. The molecule has 0 fully saturated rings. The molecule has 150 valence electrons. The summed E-state index contributed by atoms with van der Waals surface area (Å²) in [6.07, 6.45) is 1.42. The number of anilines is 1. The number of ether oxygens (including phenoxy) is 1. The fraction of sp³-hybridized carbons (Fsp3) is 0.391. The number of aliphatic hydroxyl groups excluding tert-OH is 1. The number of amides is 1. The average molecular weight is 383 g/mol. The molecule has 0 aromatic heterocycles. The number of hydrogen-bond acceptors (Lipinski definition) is 4. The second-order valence-electron chi connectivity index (χ2n) is 6.97. The molecule has 0 saturated carbocycles. The zero-order valence-electron chi connectivity index (χ0n) is 17.0. The van der Waals surface area contributed by atoms with Crippen LogP contribution in [-0.2, 0) is 4.79 Å². The van der Waals surface area contributed by atoms with Gasteiger partial charge in [-0.15, -0.1) is 0 Å². The van der Waals surface area contributed by atoms with Gasteiger partial charge in [-0.25, -0.2) is 0 Å². The van der Waals surface area contributed by atoms with Crippen molar-refractivity contribution in [2.75, 3.05) is 19.1 Å². The number of methoxy groups -OCH3 is 1. The standard InChI is InChI=1S/C23H29NO4/c1-5-6-10-21(22(26)18-13-11-17(12-14-18)16(2)25)23(27)24(3)19-8-7-9-20(15-19)28-4/h7-9,11-15,21-22,26H,5-6,10H2,1-4H3/t21-,22-/m0/s1. The lowest BCUT2D eigenvalue weighted by Gasteiger charge is -2.28. The molecule has 0 heterocycles. The highest BCUT2D eigenvalue weighted by Gasteiger charge is 2.30. The molecule has 0 saturated heterocycles. The molecule has 5 heteroatoms. The van der Waals surface area contributed by atoms with Gasteiger partial charge in [0.25, 0.3) is 0 Å². The van der Waals surface area contributed by atoms with Crippen LogP contribution in [0, 0.1) is 5.92 Å². The second-order valence-corrected chi connectivity index (χ2v) is 6.97. The summed E-state index contributed by atoms with van der Waals surface area (Å²) in [5, 5.41) is 10.9. The lowest BCUT2D eigenvalue weighted by atomic mass is 9.89. The van der Waals surface area contributed by atoms with Crippen molar-refractivity contribution in [2.24, 2.45) is 5.92 Å². The average Bonchev–Trinajstić information content (AvgIpc) is 2.73. The van der Waals surface area contributed by atoms with Crippen LogP contribution in [0.15, 0.2) is 48.5 Å². The Labute approximate surface area is 166 Å². The Hall–Kier alpha value is -2.66. The van der Waals surface area contributed by atoms with E-state index in [4.69, 9.17) is 4.74 Å². The summed E-state index contributed by atoms with van der Waals surface area (Å²) in [5.41, 5.74) is 1.93. The lowest BCUT2D eigenvalue weighted by molar-refractivity contribution is -0.126. The molecule has 0 bridgehead atoms. The maximum absolute atomic E-state index is 13.2. The van der Waals surface area contributed by atoms with E-state index in [1.54, 1.807) is 49.4 Å². The topological polar surface area (TPSA) is 66.8 Å². The number of ketones is 1. The summed E-state index contributed by atoms with van der Waals surface area (Å²) in [7, 11) is 3.29. The van der Waals surface area contributed by atoms with Gasteiger partial charge in [-0.1, -0.05) is 50.1 Å². The highest BCUT2D eigenvalue weighted by molar-refractivity contribution is 5.95. The Kier molecular flexibility index (Phi) is 7.76. The number of nitrogens with zero attached hydrogens (tertiary/aromatic N) is 1. The van der Waals surface area contributed by atoms with Crippen LogP contribution in [-0.4, -0.2) is 31.0 Å². The smallest absolute Gasteiger partial charge is 0.232 e. The molecule has 0 aliphatic rings. The largest absolute Gasteiger partial charge is 0.497 e. The van der Waals surface area contributed by atoms with Gasteiger partial charge in [0.2, 0.25) is 5.91 Å². The number of rotatable bonds is 9. The third kappa shape index (κ3) is 5.20. The first-order valence-electron chi connectivity index (χ1n) is 9.59. The third-order valence-electron chi connectivity index (χ3n) is 5.00. The number of hydrogen-bond donors (Lipinski definition) is 1. The Morgan fingerprint density at radius 3 is 2.39 bits per heavy atom. The summed E-state index contributed by atoms with van der Waals surface area (Å²) in [5.74, 6) is -0.0794. The number of carbonyl (C=O) groups excluding carboxylic acids is 2. The number of unbranched alkanes of at least 4 members (excludes halogenated alkanes) is 1. The first-order chi connectivity index (χ1) is 13.4. The van der Waals surface area contributed by atoms with Crippen molar-refractivity contribution in [3.8, 4) is 5.75 Å². The van der Waals surface area contributed by atoms with E-state index in [1.807, 2.05) is 18.2 Å². The molecule has 5 nitrogen and oxygen atoms in total. The molecule has 28 heavy (non-hydrogen) atoms. The van der Waals surface area contributed by atoms with Crippen molar-refractivity contribution >= 4 is 17.4 Å². The van der Waals surface area contributed by atoms with E-state index >= 15 is 0 Å². The molecular weight excluding hydrogens is 354 g/mol. The summed E-state index contributed by atoms with van der Waals surface area (Å²) < 4.78 is 5.24. The van der Waals surface area contributed by atoms with Crippen LogP contribution in [0.1, 0.15) is 55.1 Å². The molecule has 2 aromatic carbocycles. The quantitative estimate of drug-likeness (QED) is 0.652. The van der Waals surface area contributed by atoms with Crippen LogP contribution in [0.5, 0.6) is 5.75 Å². The molecule has 2 rings (SSSR count). The van der Waals surface area contributed by atoms with Crippen LogP contribution >= 0.6 is 0 Å². The monoisotopic (exact) mass is 383 g/mol. The normalized spacial score (nSPS) is 12.9. The van der Waals surface area contributed by atoms with Crippen molar-refractivity contribution in [3.63, 3.8) is 0 Å². The van der Waals surface area contributed by atoms with Crippen molar-refractivity contribution in [1.82, 2.24) is 0 Å². The van der Waals surface area contributed by atoms with Gasteiger partial charge in [-0.2, -0.15) is 0 Å². The first kappa shape index (κ1) is 21.6. The van der Waals surface area contributed by atoms with Gasteiger partial charge in [-0.05, 0) is 31.0 Å². The van der Waals surface area contributed by atoms with E-state index in [-0.39, 0.29) is 11.7 Å². The molecule has 0 aliphatic heterocycles. The first-order valence-corrected chi connectivity index (χ1v) is 9.59. The molecule has 0 aliphatic carbocycles. The highest BCUT2D eigenvalue weighted by atomic mass is 16.5. The van der Waals surface area contributed by atoms with Crippen molar-refractivity contribution in [2.45, 2.75) is 39.2 Å². The molecular formula is C23H29NO4. The van der Waals surface area contributed by atoms with E-state index in [9.17, 15) is 14.7 Å². The van der Waals surface area contributed by atoms with Crippen LogP contribution in [0.4, 0.5) is 5.69 Å². The van der Waals surface area contributed by atoms with Crippen molar-refractivity contribution < 1.29 is 19.4 Å². The van der Waals surface area contributed by atoms with Crippen LogP contribution in [0.2, 0.25) is 0 Å². The number of aliphatic hydroxyl groups is 1. The van der Waals surface area contributed by atoms with Crippen LogP contribution < -0.4 is 9.64 Å². The maximum atomic E-state index is 13.2. The number of Topliss-reactive ketones (excluding diaryl/α,β-unsaturated/α-hetero) is 1. The molecule has 2 atom stereocenters. The lowest BCUT2D eigenvalue weighted by Crippen LogP contribution is -2.36.